The lowest BCUT2D eigenvalue weighted by molar-refractivity contribution is -0.196. The van der Waals surface area contributed by atoms with E-state index in [0.29, 0.717) is 7.11 Å². The Morgan fingerprint density at radius 2 is 1.71 bits per heavy atom. The van der Waals surface area contributed by atoms with Crippen molar-refractivity contribution in [2.45, 2.75) is 11.8 Å². The number of rotatable bonds is 4. The molecule has 0 aliphatic carbocycles. The predicted octanol–water partition coefficient (Wildman–Crippen LogP) is 1.19. The molecule has 0 aromatic carbocycles. The van der Waals surface area contributed by atoms with Gasteiger partial charge in [0.15, 0.2) is 0 Å². The van der Waals surface area contributed by atoms with Gasteiger partial charge >= 0.3 is 23.6 Å². The number of hydrogen-bond donors (Lipinski definition) is 0. The number of ether oxygens (including phenoxy) is 1. The van der Waals surface area contributed by atoms with Gasteiger partial charge < -0.3 is 4.74 Å². The maximum absolute atomic E-state index is 12.6. The van der Waals surface area contributed by atoms with Gasteiger partial charge in [-0.05, 0) is 6.08 Å². The zero-order valence-electron chi connectivity index (χ0n) is 7.02. The van der Waals surface area contributed by atoms with Crippen LogP contribution in [0.25, 0.3) is 0 Å². The SMILES string of the molecule is C=CC(F)(F)C(F)(F)C(=O)C(=O)OC. The van der Waals surface area contributed by atoms with E-state index in [1.165, 1.54) is 0 Å². The molecule has 0 heterocycles. The lowest BCUT2D eigenvalue weighted by Gasteiger charge is -2.20. The van der Waals surface area contributed by atoms with Gasteiger partial charge in [-0.25, -0.2) is 4.79 Å². The minimum atomic E-state index is -5.14. The first-order chi connectivity index (χ1) is 6.20. The topological polar surface area (TPSA) is 43.4 Å². The standard InChI is InChI=1S/C7H6F4O3/c1-3-6(8,9)7(10,11)4(12)5(13)14-2/h3H,1H2,2H3. The zero-order valence-corrected chi connectivity index (χ0v) is 7.02. The highest BCUT2D eigenvalue weighted by Crippen LogP contribution is 2.35. The average Bonchev–Trinajstić information content (AvgIpc) is 2.14. The summed E-state index contributed by atoms with van der Waals surface area (Å²) in [4.78, 5) is 20.8. The van der Waals surface area contributed by atoms with Gasteiger partial charge in [0.1, 0.15) is 0 Å². The van der Waals surface area contributed by atoms with Crippen LogP contribution in [0, 0.1) is 0 Å². The van der Waals surface area contributed by atoms with E-state index in [1.54, 1.807) is 0 Å². The molecule has 0 amide bonds. The molecular formula is C7H6F4O3. The first-order valence-electron chi connectivity index (χ1n) is 3.22. The minimum Gasteiger partial charge on any atom is -0.463 e. The molecule has 0 aliphatic heterocycles. The molecule has 0 aromatic heterocycles. The molecule has 0 saturated carbocycles. The second-order valence-electron chi connectivity index (χ2n) is 2.22. The van der Waals surface area contributed by atoms with Crippen molar-refractivity contribution in [3.05, 3.63) is 12.7 Å². The number of alkyl halides is 4. The molecule has 14 heavy (non-hydrogen) atoms. The molecule has 0 saturated heterocycles. The average molecular weight is 214 g/mol. The number of carbonyl (C=O) groups is 2. The number of halogens is 4. The van der Waals surface area contributed by atoms with E-state index in [-0.39, 0.29) is 0 Å². The normalized spacial score (nSPS) is 12.1. The van der Waals surface area contributed by atoms with Crippen LogP contribution in [0.2, 0.25) is 0 Å². The maximum atomic E-state index is 12.6. The van der Waals surface area contributed by atoms with Crippen molar-refractivity contribution in [2.24, 2.45) is 0 Å². The molecule has 0 rings (SSSR count). The Bertz CT molecular complexity index is 272. The highest BCUT2D eigenvalue weighted by atomic mass is 19.3. The van der Waals surface area contributed by atoms with Crippen LogP contribution in [0.4, 0.5) is 17.6 Å². The molecule has 0 N–H and O–H groups in total. The van der Waals surface area contributed by atoms with Crippen LogP contribution in [0.1, 0.15) is 0 Å². The summed E-state index contributed by atoms with van der Waals surface area (Å²) >= 11 is 0. The monoisotopic (exact) mass is 214 g/mol. The summed E-state index contributed by atoms with van der Waals surface area (Å²) in [5, 5.41) is 0. The third kappa shape index (κ3) is 1.91. The van der Waals surface area contributed by atoms with Crippen LogP contribution >= 0.6 is 0 Å². The maximum Gasteiger partial charge on any atom is 0.382 e. The van der Waals surface area contributed by atoms with E-state index in [2.05, 4.69) is 11.3 Å². The molecule has 0 radical (unpaired) electrons. The van der Waals surface area contributed by atoms with Crippen LogP contribution in [-0.2, 0) is 14.3 Å². The summed E-state index contributed by atoms with van der Waals surface area (Å²) in [6.07, 6.45) is -0.409. The lowest BCUT2D eigenvalue weighted by Crippen LogP contribution is -2.49. The molecule has 0 aromatic rings. The third-order valence-electron chi connectivity index (χ3n) is 1.33. The van der Waals surface area contributed by atoms with Crippen LogP contribution in [0.15, 0.2) is 12.7 Å². The molecule has 0 aliphatic rings. The minimum absolute atomic E-state index is 0.409. The fraction of sp³-hybridized carbons (Fsp3) is 0.429. The van der Waals surface area contributed by atoms with E-state index in [9.17, 15) is 27.2 Å². The van der Waals surface area contributed by atoms with Crippen molar-refractivity contribution in [3.63, 3.8) is 0 Å². The van der Waals surface area contributed by atoms with Gasteiger partial charge in [0.2, 0.25) is 0 Å². The van der Waals surface area contributed by atoms with Crippen molar-refractivity contribution >= 4 is 11.8 Å². The Morgan fingerprint density at radius 3 is 2.00 bits per heavy atom. The van der Waals surface area contributed by atoms with E-state index in [1.807, 2.05) is 0 Å². The number of Topliss-reactive ketones (excluding diaryl/α,β-unsaturated/α-hetero) is 1. The predicted molar refractivity (Wildman–Crippen MR) is 37.1 cm³/mol. The number of hydrogen-bond acceptors (Lipinski definition) is 3. The number of ketones is 1. The number of methoxy groups -OCH3 is 1. The second kappa shape index (κ2) is 3.77. The summed E-state index contributed by atoms with van der Waals surface area (Å²) < 4.78 is 53.5. The Morgan fingerprint density at radius 1 is 1.29 bits per heavy atom. The van der Waals surface area contributed by atoms with Gasteiger partial charge in [-0.3, -0.25) is 4.79 Å². The largest absolute Gasteiger partial charge is 0.463 e. The van der Waals surface area contributed by atoms with Gasteiger partial charge in [0, 0.05) is 0 Å². The van der Waals surface area contributed by atoms with Crippen molar-refractivity contribution in [1.82, 2.24) is 0 Å². The summed E-state index contributed by atoms with van der Waals surface area (Å²) in [6.45, 7) is 2.43. The molecule has 3 nitrogen and oxygen atoms in total. The molecule has 7 heteroatoms. The van der Waals surface area contributed by atoms with Gasteiger partial charge in [-0.2, -0.15) is 17.6 Å². The fourth-order valence-corrected chi connectivity index (χ4v) is 0.500. The smallest absolute Gasteiger partial charge is 0.382 e. The number of carbonyl (C=O) groups excluding carboxylic acids is 2. The molecular weight excluding hydrogens is 208 g/mol. The van der Waals surface area contributed by atoms with Crippen molar-refractivity contribution in [1.29, 1.82) is 0 Å². The summed E-state index contributed by atoms with van der Waals surface area (Å²) in [6, 6.07) is 0. The van der Waals surface area contributed by atoms with E-state index >= 15 is 0 Å². The van der Waals surface area contributed by atoms with Crippen LogP contribution in [0.3, 0.4) is 0 Å². The Labute approximate surface area is 76.3 Å². The zero-order chi connectivity index (χ0) is 11.6. The first kappa shape index (κ1) is 12.6. The highest BCUT2D eigenvalue weighted by Gasteiger charge is 2.62. The van der Waals surface area contributed by atoms with Crippen LogP contribution in [-0.4, -0.2) is 30.7 Å². The Kier molecular flexibility index (Phi) is 3.39. The van der Waals surface area contributed by atoms with Crippen molar-refractivity contribution < 1.29 is 31.9 Å². The molecule has 0 fully saturated rings. The van der Waals surface area contributed by atoms with E-state index in [0.717, 1.165) is 0 Å². The van der Waals surface area contributed by atoms with Gasteiger partial charge in [-0.15, -0.1) is 0 Å². The first-order valence-corrected chi connectivity index (χ1v) is 3.22. The highest BCUT2D eigenvalue weighted by molar-refractivity contribution is 6.36. The molecule has 0 atom stereocenters. The second-order valence-corrected chi connectivity index (χ2v) is 2.22. The summed E-state index contributed by atoms with van der Waals surface area (Å²) in [5.74, 6) is -14.6. The summed E-state index contributed by atoms with van der Waals surface area (Å²) in [7, 11) is 0.627. The Balaban J connectivity index is 5.06. The Hall–Kier alpha value is -1.40. The molecule has 0 bridgehead atoms. The van der Waals surface area contributed by atoms with Gasteiger partial charge in [-0.1, -0.05) is 6.58 Å². The lowest BCUT2D eigenvalue weighted by atomic mass is 10.1. The number of allylic oxidation sites excluding steroid dienone is 1. The van der Waals surface area contributed by atoms with Gasteiger partial charge in [0.25, 0.3) is 0 Å². The van der Waals surface area contributed by atoms with Crippen LogP contribution in [0.5, 0.6) is 0 Å². The third-order valence-corrected chi connectivity index (χ3v) is 1.33. The fourth-order valence-electron chi connectivity index (χ4n) is 0.500. The van der Waals surface area contributed by atoms with E-state index < -0.39 is 29.7 Å². The van der Waals surface area contributed by atoms with Gasteiger partial charge in [0.05, 0.1) is 7.11 Å². The molecule has 0 spiro atoms. The summed E-state index contributed by atoms with van der Waals surface area (Å²) in [5.41, 5.74) is 0. The molecule has 0 unspecified atom stereocenters. The van der Waals surface area contributed by atoms with Crippen molar-refractivity contribution in [2.75, 3.05) is 7.11 Å². The van der Waals surface area contributed by atoms with E-state index in [4.69, 9.17) is 0 Å². The van der Waals surface area contributed by atoms with Crippen molar-refractivity contribution in [3.8, 4) is 0 Å². The van der Waals surface area contributed by atoms with Crippen LogP contribution < -0.4 is 0 Å². The molecule has 80 valence electrons. The number of esters is 1. The quantitative estimate of drug-likeness (QED) is 0.305.